The number of ether oxygens (including phenoxy) is 3. The van der Waals surface area contributed by atoms with Gasteiger partial charge in [0.1, 0.15) is 6.61 Å². The monoisotopic (exact) mass is 288 g/mol. The fourth-order valence-electron chi connectivity index (χ4n) is 1.77. The van der Waals surface area contributed by atoms with Gasteiger partial charge in [0, 0.05) is 11.0 Å². The van der Waals surface area contributed by atoms with Crippen molar-refractivity contribution in [3.63, 3.8) is 0 Å². The Morgan fingerprint density at radius 1 is 1.30 bits per heavy atom. The maximum absolute atomic E-state index is 11.6. The van der Waals surface area contributed by atoms with Crippen LogP contribution >= 0.6 is 11.3 Å². The highest BCUT2D eigenvalue weighted by Gasteiger charge is 2.13. The van der Waals surface area contributed by atoms with Crippen LogP contribution in [0, 0.1) is 0 Å². The van der Waals surface area contributed by atoms with Crippen molar-refractivity contribution in [3.05, 3.63) is 52.2 Å². The van der Waals surface area contributed by atoms with Gasteiger partial charge in [-0.25, -0.2) is 4.79 Å². The van der Waals surface area contributed by atoms with Gasteiger partial charge in [0.15, 0.2) is 11.5 Å². The second kappa shape index (κ2) is 5.79. The van der Waals surface area contributed by atoms with Gasteiger partial charge >= 0.3 is 5.97 Å². The van der Waals surface area contributed by atoms with E-state index in [0.717, 1.165) is 16.2 Å². The molecule has 20 heavy (non-hydrogen) atoms. The topological polar surface area (TPSA) is 44.8 Å². The summed E-state index contributed by atoms with van der Waals surface area (Å²) in [7, 11) is 0. The predicted molar refractivity (Wildman–Crippen MR) is 75.7 cm³/mol. The third kappa shape index (κ3) is 3.00. The molecule has 0 fully saturated rings. The van der Waals surface area contributed by atoms with Crippen molar-refractivity contribution < 1.29 is 19.0 Å². The molecule has 5 heteroatoms. The van der Waals surface area contributed by atoms with Crippen LogP contribution in [0.2, 0.25) is 0 Å². The van der Waals surface area contributed by atoms with Gasteiger partial charge in [-0.15, -0.1) is 11.3 Å². The SMILES string of the molecule is O=C(C=Cc1cccs1)OCc1ccc2c(c1)OCO2. The lowest BCUT2D eigenvalue weighted by Crippen LogP contribution is -2.00. The van der Waals surface area contributed by atoms with Gasteiger partial charge in [-0.3, -0.25) is 0 Å². The predicted octanol–water partition coefficient (Wildman–Crippen LogP) is 3.23. The maximum Gasteiger partial charge on any atom is 0.331 e. The molecule has 0 radical (unpaired) electrons. The Labute approximate surface area is 120 Å². The summed E-state index contributed by atoms with van der Waals surface area (Å²) in [5.41, 5.74) is 0.868. The molecule has 0 unspecified atom stereocenters. The van der Waals surface area contributed by atoms with Crippen LogP contribution in [0.3, 0.4) is 0 Å². The number of rotatable bonds is 4. The van der Waals surface area contributed by atoms with Crippen LogP contribution in [0.15, 0.2) is 41.8 Å². The minimum atomic E-state index is -0.365. The van der Waals surface area contributed by atoms with E-state index < -0.39 is 0 Å². The number of fused-ring (bicyclic) bond motifs is 1. The van der Waals surface area contributed by atoms with Crippen molar-refractivity contribution in [2.24, 2.45) is 0 Å². The van der Waals surface area contributed by atoms with Crippen LogP contribution in [-0.2, 0) is 16.1 Å². The third-order valence-corrected chi connectivity index (χ3v) is 3.58. The van der Waals surface area contributed by atoms with Gasteiger partial charge < -0.3 is 14.2 Å². The van der Waals surface area contributed by atoms with Crippen molar-refractivity contribution in [1.82, 2.24) is 0 Å². The molecule has 2 aromatic rings. The van der Waals surface area contributed by atoms with Crippen LogP contribution < -0.4 is 9.47 Å². The van der Waals surface area contributed by atoms with E-state index in [9.17, 15) is 4.79 Å². The molecule has 0 saturated carbocycles. The minimum Gasteiger partial charge on any atom is -0.458 e. The molecule has 0 amide bonds. The Bertz CT molecular complexity index is 631. The van der Waals surface area contributed by atoms with E-state index in [4.69, 9.17) is 14.2 Å². The summed E-state index contributed by atoms with van der Waals surface area (Å²) in [6.45, 7) is 0.451. The van der Waals surface area contributed by atoms with Crippen molar-refractivity contribution in [3.8, 4) is 11.5 Å². The Balaban J connectivity index is 1.55. The molecular formula is C15H12O4S. The van der Waals surface area contributed by atoms with Gasteiger partial charge in [0.25, 0.3) is 0 Å². The van der Waals surface area contributed by atoms with Gasteiger partial charge in [0.05, 0.1) is 0 Å². The molecule has 0 bridgehead atoms. The number of esters is 1. The van der Waals surface area contributed by atoms with E-state index in [-0.39, 0.29) is 19.4 Å². The fourth-order valence-corrected chi connectivity index (χ4v) is 2.39. The fraction of sp³-hybridized carbons (Fsp3) is 0.133. The first-order chi connectivity index (χ1) is 9.81. The Hall–Kier alpha value is -2.27. The van der Waals surface area contributed by atoms with Crippen LogP contribution in [0.4, 0.5) is 0 Å². The molecule has 1 aliphatic rings. The highest BCUT2D eigenvalue weighted by molar-refractivity contribution is 7.10. The number of carbonyl (C=O) groups excluding carboxylic acids is 1. The standard InChI is InChI=1S/C15H12O4S/c16-15(6-4-12-2-1-7-20-12)17-9-11-3-5-13-14(8-11)19-10-18-13/h1-8H,9-10H2. The zero-order valence-electron chi connectivity index (χ0n) is 10.6. The average molecular weight is 288 g/mol. The molecule has 2 heterocycles. The molecule has 0 saturated heterocycles. The second-order valence-corrected chi connectivity index (χ2v) is 5.12. The molecule has 0 N–H and O–H groups in total. The molecule has 0 spiro atoms. The van der Waals surface area contributed by atoms with E-state index >= 15 is 0 Å². The lowest BCUT2D eigenvalue weighted by molar-refractivity contribution is -0.138. The summed E-state index contributed by atoms with van der Waals surface area (Å²) in [5, 5.41) is 1.96. The normalized spacial score (nSPS) is 12.8. The van der Waals surface area contributed by atoms with E-state index in [1.807, 2.05) is 35.7 Å². The molecule has 0 aliphatic carbocycles. The first-order valence-corrected chi connectivity index (χ1v) is 6.96. The minimum absolute atomic E-state index is 0.213. The Kier molecular flexibility index (Phi) is 3.69. The summed E-state index contributed by atoms with van der Waals surface area (Å²) in [6, 6.07) is 9.35. The first-order valence-electron chi connectivity index (χ1n) is 6.08. The number of hydrogen-bond donors (Lipinski definition) is 0. The molecule has 4 nitrogen and oxygen atoms in total. The highest BCUT2D eigenvalue weighted by atomic mass is 32.1. The van der Waals surface area contributed by atoms with Gasteiger partial charge in [-0.05, 0) is 35.2 Å². The quantitative estimate of drug-likeness (QED) is 0.640. The average Bonchev–Trinajstić information content (AvgIpc) is 3.13. The Morgan fingerprint density at radius 3 is 3.05 bits per heavy atom. The van der Waals surface area contributed by atoms with Crippen molar-refractivity contribution in [1.29, 1.82) is 0 Å². The smallest absolute Gasteiger partial charge is 0.331 e. The second-order valence-electron chi connectivity index (χ2n) is 4.14. The van der Waals surface area contributed by atoms with Crippen molar-refractivity contribution in [2.75, 3.05) is 6.79 Å². The van der Waals surface area contributed by atoms with E-state index in [2.05, 4.69) is 0 Å². The summed E-state index contributed by atoms with van der Waals surface area (Å²) in [5.74, 6) is 1.04. The van der Waals surface area contributed by atoms with Crippen LogP contribution in [0.5, 0.6) is 11.5 Å². The highest BCUT2D eigenvalue weighted by Crippen LogP contribution is 2.32. The lowest BCUT2D eigenvalue weighted by Gasteiger charge is -2.03. The summed E-state index contributed by atoms with van der Waals surface area (Å²) < 4.78 is 15.7. The van der Waals surface area contributed by atoms with Gasteiger partial charge in [-0.1, -0.05) is 12.1 Å². The maximum atomic E-state index is 11.6. The number of thiophene rings is 1. The summed E-state index contributed by atoms with van der Waals surface area (Å²) >= 11 is 1.57. The van der Waals surface area contributed by atoms with E-state index in [0.29, 0.717) is 5.75 Å². The molecule has 1 aliphatic heterocycles. The van der Waals surface area contributed by atoms with E-state index in [1.165, 1.54) is 6.08 Å². The van der Waals surface area contributed by atoms with Crippen LogP contribution in [0.1, 0.15) is 10.4 Å². The first kappa shape index (κ1) is 12.7. The molecule has 1 aromatic heterocycles. The van der Waals surface area contributed by atoms with Crippen LogP contribution in [-0.4, -0.2) is 12.8 Å². The van der Waals surface area contributed by atoms with Crippen LogP contribution in [0.25, 0.3) is 6.08 Å². The largest absolute Gasteiger partial charge is 0.458 e. The molecule has 1 aromatic carbocycles. The molecule has 0 atom stereocenters. The Morgan fingerprint density at radius 2 is 2.20 bits per heavy atom. The van der Waals surface area contributed by atoms with Gasteiger partial charge in [-0.2, -0.15) is 0 Å². The molecule has 102 valence electrons. The zero-order chi connectivity index (χ0) is 13.8. The summed E-state index contributed by atoms with van der Waals surface area (Å²) in [4.78, 5) is 12.6. The number of carbonyl (C=O) groups is 1. The lowest BCUT2D eigenvalue weighted by atomic mass is 10.2. The van der Waals surface area contributed by atoms with Gasteiger partial charge in [0.2, 0.25) is 6.79 Å². The molecule has 3 rings (SSSR count). The van der Waals surface area contributed by atoms with Crippen molar-refractivity contribution >= 4 is 23.4 Å². The zero-order valence-corrected chi connectivity index (χ0v) is 11.4. The number of hydrogen-bond acceptors (Lipinski definition) is 5. The van der Waals surface area contributed by atoms with Crippen molar-refractivity contribution in [2.45, 2.75) is 6.61 Å². The summed E-state index contributed by atoms with van der Waals surface area (Å²) in [6.07, 6.45) is 3.17. The number of benzene rings is 1. The van der Waals surface area contributed by atoms with E-state index in [1.54, 1.807) is 17.4 Å². The third-order valence-electron chi connectivity index (χ3n) is 2.74. The molecular weight excluding hydrogens is 276 g/mol.